The summed E-state index contributed by atoms with van der Waals surface area (Å²) in [6.45, 7) is 0. The number of halogens is 2. The molecule has 0 unspecified atom stereocenters. The Morgan fingerprint density at radius 2 is 1.91 bits per heavy atom. The van der Waals surface area contributed by atoms with E-state index in [2.05, 4.69) is 9.97 Å². The molecule has 0 amide bonds. The maximum atomic E-state index is 12.7. The first-order valence-corrected chi connectivity index (χ1v) is 8.40. The maximum Gasteiger partial charge on any atom is 0.265 e. The predicted octanol–water partition coefficient (Wildman–Crippen LogP) is 3.54. The molecular weight excluding hydrogens is 322 g/mol. The van der Waals surface area contributed by atoms with E-state index < -0.39 is 21.8 Å². The third-order valence-electron chi connectivity index (χ3n) is 3.37. The van der Waals surface area contributed by atoms with Crippen molar-refractivity contribution in [2.45, 2.75) is 17.1 Å². The average molecular weight is 334 g/mol. The molecule has 3 aromatic rings. The Labute approximate surface area is 131 Å². The summed E-state index contributed by atoms with van der Waals surface area (Å²) in [5.41, 5.74) is 0.914. The highest BCUT2D eigenvalue weighted by molar-refractivity contribution is 7.90. The van der Waals surface area contributed by atoms with Crippen LogP contribution in [-0.4, -0.2) is 18.4 Å². The average Bonchev–Trinajstić information content (AvgIpc) is 2.54. The van der Waals surface area contributed by atoms with Crippen LogP contribution >= 0.6 is 0 Å². The normalized spacial score (nSPS) is 12.0. The summed E-state index contributed by atoms with van der Waals surface area (Å²) in [5, 5.41) is 0.819. The van der Waals surface area contributed by atoms with E-state index in [0.717, 1.165) is 29.4 Å². The number of hydrogen-bond donors (Lipinski definition) is 0. The van der Waals surface area contributed by atoms with Crippen LogP contribution in [0.5, 0.6) is 0 Å². The molecule has 0 radical (unpaired) electrons. The van der Waals surface area contributed by atoms with Crippen LogP contribution in [-0.2, 0) is 15.6 Å². The minimum absolute atomic E-state index is 0.207. The molecule has 2 heterocycles. The van der Waals surface area contributed by atoms with Gasteiger partial charge in [-0.3, -0.25) is 9.97 Å². The Hall–Kier alpha value is -2.41. The van der Waals surface area contributed by atoms with Gasteiger partial charge < -0.3 is 0 Å². The topological polar surface area (TPSA) is 59.9 Å². The lowest BCUT2D eigenvalue weighted by Crippen LogP contribution is -2.06. The maximum absolute atomic E-state index is 12.7. The van der Waals surface area contributed by atoms with Crippen molar-refractivity contribution < 1.29 is 17.2 Å². The Morgan fingerprint density at radius 3 is 2.70 bits per heavy atom. The molecule has 1 aromatic carbocycles. The number of sulfone groups is 1. The van der Waals surface area contributed by atoms with E-state index >= 15 is 0 Å². The molecule has 0 aliphatic rings. The second kappa shape index (κ2) is 6.00. The van der Waals surface area contributed by atoms with Gasteiger partial charge in [0, 0.05) is 29.5 Å². The summed E-state index contributed by atoms with van der Waals surface area (Å²) in [6.07, 6.45) is 0.944. The molecular formula is C16H12F2N2O2S. The van der Waals surface area contributed by atoms with Crippen molar-refractivity contribution in [2.75, 3.05) is 0 Å². The van der Waals surface area contributed by atoms with Crippen LogP contribution in [0.15, 0.2) is 59.9 Å². The van der Waals surface area contributed by atoms with Gasteiger partial charge in [0.15, 0.2) is 9.84 Å². The zero-order valence-corrected chi connectivity index (χ0v) is 12.7. The highest BCUT2D eigenvalue weighted by Crippen LogP contribution is 2.23. The van der Waals surface area contributed by atoms with Crippen LogP contribution in [0.1, 0.15) is 17.6 Å². The van der Waals surface area contributed by atoms with Gasteiger partial charge in [-0.2, -0.15) is 0 Å². The van der Waals surface area contributed by atoms with E-state index in [1.54, 1.807) is 30.5 Å². The number of rotatable bonds is 4. The number of pyridine rings is 2. The Bertz CT molecular complexity index is 959. The standard InChI is InChI=1S/C16H12F2N2O2S/c17-16(18)13-7-14(9-19-8-13)23(21,22)10-11-3-4-15-12(6-11)2-1-5-20-15/h1-9,16H,10H2. The third kappa shape index (κ3) is 3.34. The molecule has 118 valence electrons. The number of aromatic nitrogens is 2. The molecule has 0 fully saturated rings. The molecule has 0 atom stereocenters. The molecule has 4 nitrogen and oxygen atoms in total. The molecule has 7 heteroatoms. The van der Waals surface area contributed by atoms with Gasteiger partial charge in [-0.05, 0) is 29.8 Å². The monoisotopic (exact) mass is 334 g/mol. The molecule has 0 aliphatic carbocycles. The highest BCUT2D eigenvalue weighted by Gasteiger charge is 2.18. The fourth-order valence-corrected chi connectivity index (χ4v) is 3.56. The summed E-state index contributed by atoms with van der Waals surface area (Å²) in [7, 11) is -3.75. The van der Waals surface area contributed by atoms with Gasteiger partial charge >= 0.3 is 0 Å². The second-order valence-electron chi connectivity index (χ2n) is 5.04. The van der Waals surface area contributed by atoms with E-state index in [1.807, 2.05) is 6.07 Å². The smallest absolute Gasteiger partial charge is 0.263 e. The van der Waals surface area contributed by atoms with Crippen LogP contribution < -0.4 is 0 Å². The minimum Gasteiger partial charge on any atom is -0.263 e. The van der Waals surface area contributed by atoms with Gasteiger partial charge in [-0.15, -0.1) is 0 Å². The highest BCUT2D eigenvalue weighted by atomic mass is 32.2. The van der Waals surface area contributed by atoms with Gasteiger partial charge in [-0.25, -0.2) is 17.2 Å². The quantitative estimate of drug-likeness (QED) is 0.732. The summed E-state index contributed by atoms with van der Waals surface area (Å²) >= 11 is 0. The Balaban J connectivity index is 1.94. The summed E-state index contributed by atoms with van der Waals surface area (Å²) in [4.78, 5) is 7.55. The van der Waals surface area contributed by atoms with Crippen molar-refractivity contribution in [3.05, 3.63) is 66.1 Å². The molecule has 0 saturated carbocycles. The third-order valence-corrected chi connectivity index (χ3v) is 5.02. The minimum atomic E-state index is -3.75. The lowest BCUT2D eigenvalue weighted by atomic mass is 10.1. The number of nitrogens with zero attached hydrogens (tertiary/aromatic N) is 2. The first kappa shape index (κ1) is 15.5. The first-order chi connectivity index (χ1) is 11.0. The van der Waals surface area contributed by atoms with Crippen molar-refractivity contribution in [3.8, 4) is 0 Å². The predicted molar refractivity (Wildman–Crippen MR) is 81.8 cm³/mol. The number of fused-ring (bicyclic) bond motifs is 1. The van der Waals surface area contributed by atoms with Crippen LogP contribution in [0.3, 0.4) is 0 Å². The van der Waals surface area contributed by atoms with E-state index in [-0.39, 0.29) is 10.6 Å². The summed E-state index contributed by atoms with van der Waals surface area (Å²) in [5.74, 6) is -0.286. The molecule has 2 aromatic heterocycles. The van der Waals surface area contributed by atoms with Crippen molar-refractivity contribution in [1.29, 1.82) is 0 Å². The molecule has 0 N–H and O–H groups in total. The summed E-state index contributed by atoms with van der Waals surface area (Å²) < 4.78 is 50.2. The molecule has 0 saturated heterocycles. The number of hydrogen-bond acceptors (Lipinski definition) is 4. The second-order valence-corrected chi connectivity index (χ2v) is 7.03. The van der Waals surface area contributed by atoms with Crippen molar-refractivity contribution in [2.24, 2.45) is 0 Å². The number of benzene rings is 1. The zero-order valence-electron chi connectivity index (χ0n) is 11.9. The van der Waals surface area contributed by atoms with Gasteiger partial charge in [0.1, 0.15) is 0 Å². The van der Waals surface area contributed by atoms with Crippen molar-refractivity contribution in [3.63, 3.8) is 0 Å². The van der Waals surface area contributed by atoms with Gasteiger partial charge in [0.25, 0.3) is 6.43 Å². The van der Waals surface area contributed by atoms with Crippen LogP contribution in [0, 0.1) is 0 Å². The molecule has 0 bridgehead atoms. The van der Waals surface area contributed by atoms with Crippen molar-refractivity contribution in [1.82, 2.24) is 9.97 Å². The SMILES string of the molecule is O=S(=O)(Cc1ccc2ncccc2c1)c1cncc(C(F)F)c1. The fourth-order valence-electron chi connectivity index (χ4n) is 2.24. The van der Waals surface area contributed by atoms with Crippen molar-refractivity contribution >= 4 is 20.7 Å². The first-order valence-electron chi connectivity index (χ1n) is 6.75. The van der Waals surface area contributed by atoms with Gasteiger partial charge in [0.05, 0.1) is 16.2 Å². The number of alkyl halides is 2. The largest absolute Gasteiger partial charge is 0.265 e. The van der Waals surface area contributed by atoms with E-state index in [4.69, 9.17) is 0 Å². The molecule has 23 heavy (non-hydrogen) atoms. The van der Waals surface area contributed by atoms with Gasteiger partial charge in [0.2, 0.25) is 0 Å². The Kier molecular flexibility index (Phi) is 4.04. The lowest BCUT2D eigenvalue weighted by Gasteiger charge is -2.07. The molecule has 0 aliphatic heterocycles. The lowest BCUT2D eigenvalue weighted by molar-refractivity contribution is 0.150. The van der Waals surface area contributed by atoms with E-state index in [1.165, 1.54) is 0 Å². The molecule has 3 rings (SSSR count). The van der Waals surface area contributed by atoms with E-state index in [0.29, 0.717) is 5.56 Å². The van der Waals surface area contributed by atoms with Crippen LogP contribution in [0.2, 0.25) is 0 Å². The van der Waals surface area contributed by atoms with Crippen LogP contribution in [0.4, 0.5) is 8.78 Å². The fraction of sp³-hybridized carbons (Fsp3) is 0.125. The molecule has 0 spiro atoms. The summed E-state index contributed by atoms with van der Waals surface area (Å²) in [6, 6.07) is 9.68. The van der Waals surface area contributed by atoms with E-state index in [9.17, 15) is 17.2 Å². The Morgan fingerprint density at radius 1 is 1.09 bits per heavy atom. The van der Waals surface area contributed by atoms with Crippen LogP contribution in [0.25, 0.3) is 10.9 Å². The van der Waals surface area contributed by atoms with Gasteiger partial charge in [-0.1, -0.05) is 12.1 Å². The zero-order chi connectivity index (χ0) is 16.4.